The standard InChI is InChI=1S/C18H17F3N2O3.Na.H/c19-18(20,21)15-7-3-5-13(11-15)17(14-6-4-9-22-12-14)23-26-10-2-1-8-16(24)25;;/h3-7,9,11-12H,1-2,8,10H2,(H,24,25);;/q;+1;-1/b23-17+;;. The number of carboxylic acids is 1. The minimum atomic E-state index is -4.46. The number of unbranched alkanes of at least 4 members (excludes halogenated alkanes) is 1. The van der Waals surface area contributed by atoms with Crippen LogP contribution in [-0.4, -0.2) is 28.4 Å². The summed E-state index contributed by atoms with van der Waals surface area (Å²) in [6, 6.07) is 8.10. The van der Waals surface area contributed by atoms with Crippen LogP contribution in [0.5, 0.6) is 0 Å². The van der Waals surface area contributed by atoms with E-state index in [-0.39, 0.29) is 55.3 Å². The van der Waals surface area contributed by atoms with E-state index < -0.39 is 17.7 Å². The van der Waals surface area contributed by atoms with Crippen molar-refractivity contribution in [1.82, 2.24) is 4.98 Å². The third kappa shape index (κ3) is 7.70. The predicted molar refractivity (Wildman–Crippen MR) is 89.9 cm³/mol. The van der Waals surface area contributed by atoms with Gasteiger partial charge in [0, 0.05) is 29.9 Å². The van der Waals surface area contributed by atoms with Crippen LogP contribution >= 0.6 is 0 Å². The summed E-state index contributed by atoms with van der Waals surface area (Å²) in [6.07, 6.45) is -0.522. The van der Waals surface area contributed by atoms with E-state index in [1.807, 2.05) is 0 Å². The van der Waals surface area contributed by atoms with Crippen molar-refractivity contribution < 1.29 is 58.9 Å². The molecule has 0 spiro atoms. The molecule has 1 aromatic carbocycles. The number of benzene rings is 1. The van der Waals surface area contributed by atoms with Crippen LogP contribution in [-0.2, 0) is 15.8 Å². The molecule has 0 bridgehead atoms. The Bertz CT molecular complexity index is 774. The fraction of sp³-hybridized carbons (Fsp3) is 0.278. The molecule has 0 saturated carbocycles. The molecule has 2 rings (SSSR count). The number of carbonyl (C=O) groups is 1. The zero-order valence-electron chi connectivity index (χ0n) is 15.7. The molecule has 9 heteroatoms. The molecule has 0 aliphatic carbocycles. The van der Waals surface area contributed by atoms with Crippen LogP contribution < -0.4 is 29.6 Å². The third-order valence-electron chi connectivity index (χ3n) is 3.43. The van der Waals surface area contributed by atoms with E-state index >= 15 is 0 Å². The van der Waals surface area contributed by atoms with Crippen molar-refractivity contribution in [2.45, 2.75) is 25.4 Å². The Labute approximate surface area is 178 Å². The Balaban J connectivity index is 0.00000364. The molecule has 0 atom stereocenters. The van der Waals surface area contributed by atoms with Crippen LogP contribution in [0.4, 0.5) is 13.2 Å². The van der Waals surface area contributed by atoms with Crippen LogP contribution in [0.2, 0.25) is 0 Å². The number of carboxylic acid groups (broad SMARTS) is 1. The van der Waals surface area contributed by atoms with E-state index in [0.29, 0.717) is 18.4 Å². The number of hydrogen-bond acceptors (Lipinski definition) is 4. The van der Waals surface area contributed by atoms with E-state index in [2.05, 4.69) is 10.1 Å². The Morgan fingerprint density at radius 2 is 1.93 bits per heavy atom. The Hall–Kier alpha value is -1.90. The molecule has 5 nitrogen and oxygen atoms in total. The van der Waals surface area contributed by atoms with Gasteiger partial charge < -0.3 is 11.4 Å². The van der Waals surface area contributed by atoms with Gasteiger partial charge in [0.1, 0.15) is 12.3 Å². The maximum atomic E-state index is 13.0. The fourth-order valence-electron chi connectivity index (χ4n) is 2.17. The van der Waals surface area contributed by atoms with Crippen molar-refractivity contribution in [3.05, 3.63) is 65.5 Å². The number of halogens is 3. The number of aliphatic carboxylic acids is 1. The first-order valence-electron chi connectivity index (χ1n) is 7.87. The smallest absolute Gasteiger partial charge is 1.00 e. The van der Waals surface area contributed by atoms with Gasteiger partial charge in [-0.1, -0.05) is 17.3 Å². The molecule has 140 valence electrons. The predicted octanol–water partition coefficient (Wildman–Crippen LogP) is 1.24. The Kier molecular flexibility index (Phi) is 9.48. The summed E-state index contributed by atoms with van der Waals surface area (Å²) < 4.78 is 38.9. The van der Waals surface area contributed by atoms with E-state index in [1.165, 1.54) is 18.3 Å². The van der Waals surface area contributed by atoms with Crippen molar-refractivity contribution >= 4 is 11.7 Å². The van der Waals surface area contributed by atoms with Crippen molar-refractivity contribution in [2.75, 3.05) is 6.61 Å². The van der Waals surface area contributed by atoms with E-state index in [0.717, 1.165) is 12.1 Å². The van der Waals surface area contributed by atoms with Gasteiger partial charge in [0.25, 0.3) is 0 Å². The number of pyridine rings is 1. The molecule has 0 aliphatic heterocycles. The molecule has 0 radical (unpaired) electrons. The van der Waals surface area contributed by atoms with Gasteiger partial charge >= 0.3 is 41.7 Å². The molecular weight excluding hydrogens is 372 g/mol. The van der Waals surface area contributed by atoms with Crippen LogP contribution in [0.15, 0.2) is 53.9 Å². The van der Waals surface area contributed by atoms with Crippen LogP contribution in [0.3, 0.4) is 0 Å². The monoisotopic (exact) mass is 390 g/mol. The normalized spacial score (nSPS) is 11.6. The van der Waals surface area contributed by atoms with Crippen molar-refractivity contribution in [1.29, 1.82) is 0 Å². The summed E-state index contributed by atoms with van der Waals surface area (Å²) >= 11 is 0. The molecular formula is C18H18F3N2NaO3. The van der Waals surface area contributed by atoms with Crippen LogP contribution in [0.25, 0.3) is 0 Å². The second-order valence-electron chi connectivity index (χ2n) is 5.44. The van der Waals surface area contributed by atoms with Crippen molar-refractivity contribution in [2.24, 2.45) is 5.16 Å². The van der Waals surface area contributed by atoms with Gasteiger partial charge in [-0.2, -0.15) is 13.2 Å². The first kappa shape index (κ1) is 23.1. The summed E-state index contributed by atoms with van der Waals surface area (Å²) in [5.41, 5.74) is 0.200. The Morgan fingerprint density at radius 1 is 1.19 bits per heavy atom. The third-order valence-corrected chi connectivity index (χ3v) is 3.43. The molecule has 0 fully saturated rings. The molecule has 1 heterocycles. The number of alkyl halides is 3. The molecule has 0 unspecified atom stereocenters. The van der Waals surface area contributed by atoms with Gasteiger partial charge in [-0.25, -0.2) is 0 Å². The SMILES string of the molecule is O=C(O)CCCCO/N=C(/c1cccnc1)c1cccc(C(F)(F)F)c1.[H-].[Na+]. The number of rotatable bonds is 8. The molecule has 1 N–H and O–H groups in total. The fourth-order valence-corrected chi connectivity index (χ4v) is 2.17. The second-order valence-corrected chi connectivity index (χ2v) is 5.44. The first-order chi connectivity index (χ1) is 12.4. The average Bonchev–Trinajstić information content (AvgIpc) is 2.61. The average molecular weight is 390 g/mol. The maximum absolute atomic E-state index is 13.0. The maximum Gasteiger partial charge on any atom is 1.00 e. The zero-order valence-corrected chi connectivity index (χ0v) is 16.7. The topological polar surface area (TPSA) is 71.8 Å². The quantitative estimate of drug-likeness (QED) is 0.319. The summed E-state index contributed by atoms with van der Waals surface area (Å²) in [7, 11) is 0. The van der Waals surface area contributed by atoms with E-state index in [1.54, 1.807) is 18.3 Å². The van der Waals surface area contributed by atoms with Crippen LogP contribution in [0, 0.1) is 0 Å². The first-order valence-corrected chi connectivity index (χ1v) is 7.87. The van der Waals surface area contributed by atoms with Gasteiger partial charge in [-0.15, -0.1) is 0 Å². The number of aromatic nitrogens is 1. The molecule has 2 aromatic rings. The van der Waals surface area contributed by atoms with Gasteiger partial charge in [-0.3, -0.25) is 9.78 Å². The van der Waals surface area contributed by atoms with Crippen LogP contribution in [0.1, 0.15) is 37.4 Å². The summed E-state index contributed by atoms with van der Waals surface area (Å²) in [4.78, 5) is 19.6. The second kappa shape index (κ2) is 11.1. The number of hydrogen-bond donors (Lipinski definition) is 1. The Morgan fingerprint density at radius 3 is 2.56 bits per heavy atom. The largest absolute Gasteiger partial charge is 1.00 e. The van der Waals surface area contributed by atoms with Gasteiger partial charge in [-0.05, 0) is 37.1 Å². The summed E-state index contributed by atoms with van der Waals surface area (Å²) in [5.74, 6) is -0.895. The van der Waals surface area contributed by atoms with Gasteiger partial charge in [0.2, 0.25) is 0 Å². The molecule has 0 amide bonds. The van der Waals surface area contributed by atoms with Crippen molar-refractivity contribution in [3.8, 4) is 0 Å². The van der Waals surface area contributed by atoms with E-state index in [4.69, 9.17) is 9.94 Å². The van der Waals surface area contributed by atoms with Gasteiger partial charge in [0.05, 0.1) is 5.56 Å². The molecule has 0 aliphatic rings. The molecule has 0 saturated heterocycles. The van der Waals surface area contributed by atoms with Crippen molar-refractivity contribution in [3.63, 3.8) is 0 Å². The number of oxime groups is 1. The molecule has 27 heavy (non-hydrogen) atoms. The van der Waals surface area contributed by atoms with Gasteiger partial charge in [0.15, 0.2) is 0 Å². The van der Waals surface area contributed by atoms with E-state index in [9.17, 15) is 18.0 Å². The zero-order chi connectivity index (χ0) is 19.0. The summed E-state index contributed by atoms with van der Waals surface area (Å²) in [6.45, 7) is 0.163. The summed E-state index contributed by atoms with van der Waals surface area (Å²) in [5, 5.41) is 12.5. The minimum absolute atomic E-state index is 0. The number of nitrogens with zero attached hydrogens (tertiary/aromatic N) is 2. The molecule has 1 aromatic heterocycles. The minimum Gasteiger partial charge on any atom is -1.00 e.